The van der Waals surface area contributed by atoms with Crippen LogP contribution in [0.3, 0.4) is 0 Å². The molecule has 3 aliphatic rings. The predicted octanol–water partition coefficient (Wildman–Crippen LogP) is 3.00. The number of H-pyrrole nitrogens is 1. The number of aliphatic hydroxyl groups is 1. The van der Waals surface area contributed by atoms with Gasteiger partial charge in [-0.3, -0.25) is 14.7 Å². The number of nitrogens with zero attached hydrogens (tertiary/aromatic N) is 1. The summed E-state index contributed by atoms with van der Waals surface area (Å²) in [5.74, 6) is -1.63. The number of ether oxygens (including phenoxy) is 2. The highest BCUT2D eigenvalue weighted by Gasteiger charge is 2.55. The summed E-state index contributed by atoms with van der Waals surface area (Å²) in [5, 5.41) is 23.5. The van der Waals surface area contributed by atoms with Gasteiger partial charge in [0.25, 0.3) is 11.8 Å². The van der Waals surface area contributed by atoms with Crippen LogP contribution in [-0.2, 0) is 9.59 Å². The molecule has 0 unspecified atom stereocenters. The molecule has 0 saturated heterocycles. The first kappa shape index (κ1) is 25.2. The van der Waals surface area contributed by atoms with Gasteiger partial charge < -0.3 is 25.2 Å². The molecule has 2 amide bonds. The number of aromatic amines is 1. The van der Waals surface area contributed by atoms with E-state index in [4.69, 9.17) is 21.1 Å². The molecule has 3 aromatic rings. The lowest BCUT2D eigenvalue weighted by Gasteiger charge is -2.56. The van der Waals surface area contributed by atoms with Crippen molar-refractivity contribution in [1.82, 2.24) is 20.8 Å². The second-order valence-corrected chi connectivity index (χ2v) is 10.0. The molecule has 9 nitrogen and oxygen atoms in total. The monoisotopic (exact) mass is 534 g/mol. The lowest BCUT2D eigenvalue weighted by atomic mass is 9.60. The van der Waals surface area contributed by atoms with Crippen molar-refractivity contribution in [3.8, 4) is 11.5 Å². The van der Waals surface area contributed by atoms with Gasteiger partial charge in [-0.25, -0.2) is 8.78 Å². The molecule has 2 aromatic carbocycles. The smallest absolute Gasteiger partial charge is 0.258 e. The lowest BCUT2D eigenvalue weighted by Crippen LogP contribution is -2.70. The fourth-order valence-electron chi connectivity index (χ4n) is 5.24. The Morgan fingerprint density at radius 3 is 2.41 bits per heavy atom. The van der Waals surface area contributed by atoms with Crippen LogP contribution < -0.4 is 20.1 Å². The third-order valence-electron chi connectivity index (χ3n) is 7.23. The number of fused-ring (bicyclic) bond motifs is 4. The van der Waals surface area contributed by atoms with E-state index in [0.717, 1.165) is 6.07 Å². The fourth-order valence-corrected chi connectivity index (χ4v) is 5.36. The molecule has 3 aliphatic carbocycles. The first-order valence-corrected chi connectivity index (χ1v) is 12.2. The van der Waals surface area contributed by atoms with E-state index < -0.39 is 40.6 Å². The van der Waals surface area contributed by atoms with E-state index in [-0.39, 0.29) is 36.2 Å². The molecular formula is C25H25ClF2N4O5. The molecule has 2 bridgehead atoms. The Kier molecular flexibility index (Phi) is 6.67. The van der Waals surface area contributed by atoms with Crippen molar-refractivity contribution in [1.29, 1.82) is 0 Å². The summed E-state index contributed by atoms with van der Waals surface area (Å²) >= 11 is 5.65. The van der Waals surface area contributed by atoms with Gasteiger partial charge in [0, 0.05) is 23.7 Å². The Hall–Kier alpha value is -3.44. The van der Waals surface area contributed by atoms with Gasteiger partial charge in [0.1, 0.15) is 23.1 Å². The minimum atomic E-state index is -0.885. The van der Waals surface area contributed by atoms with Gasteiger partial charge in [-0.15, -0.1) is 0 Å². The zero-order valence-electron chi connectivity index (χ0n) is 19.7. The Labute approximate surface area is 215 Å². The van der Waals surface area contributed by atoms with Crippen LogP contribution in [0.25, 0.3) is 10.9 Å². The highest BCUT2D eigenvalue weighted by atomic mass is 35.5. The van der Waals surface area contributed by atoms with Gasteiger partial charge in [-0.05, 0) is 44.2 Å². The molecule has 1 atom stereocenters. The van der Waals surface area contributed by atoms with Crippen molar-refractivity contribution in [2.24, 2.45) is 0 Å². The van der Waals surface area contributed by atoms with Crippen molar-refractivity contribution >= 4 is 34.3 Å². The van der Waals surface area contributed by atoms with E-state index in [1.54, 1.807) is 6.07 Å². The molecule has 37 heavy (non-hydrogen) atoms. The largest absolute Gasteiger partial charge is 0.484 e. The summed E-state index contributed by atoms with van der Waals surface area (Å²) in [6.45, 7) is -0.666. The number of nitrogens with one attached hydrogen (secondary N) is 3. The second kappa shape index (κ2) is 9.79. The predicted molar refractivity (Wildman–Crippen MR) is 129 cm³/mol. The maximum Gasteiger partial charge on any atom is 0.258 e. The topological polar surface area (TPSA) is 126 Å². The molecule has 0 radical (unpaired) electrons. The number of rotatable bonds is 8. The van der Waals surface area contributed by atoms with Crippen LogP contribution in [0, 0.1) is 11.6 Å². The standard InChI is InChI=1S/C25H25ClF2N4O5/c26-17-2-1-14(7-19(17)28)36-12-22(34)30-24-3-5-25(6-4-24,21(33)10-24)31-23(35)13-37-15-8-18(27)16-11-29-32-20(16)9-15/h1-2,7-9,11,21,33H,3-6,10,12-13H2,(H,29,32)(H,30,34)(H,31,35)/t21-,24?,25?/m1/s1. The van der Waals surface area contributed by atoms with Crippen LogP contribution in [0.5, 0.6) is 11.5 Å². The van der Waals surface area contributed by atoms with Crippen LogP contribution >= 0.6 is 11.6 Å². The number of hydrogen-bond donors (Lipinski definition) is 4. The number of aromatic nitrogens is 2. The lowest BCUT2D eigenvalue weighted by molar-refractivity contribution is -0.137. The summed E-state index contributed by atoms with van der Waals surface area (Å²) in [6, 6.07) is 6.65. The minimum Gasteiger partial charge on any atom is -0.484 e. The number of aliphatic hydroxyl groups excluding tert-OH is 1. The van der Waals surface area contributed by atoms with Gasteiger partial charge in [0.05, 0.1) is 33.8 Å². The van der Waals surface area contributed by atoms with Crippen molar-refractivity contribution in [2.45, 2.75) is 49.3 Å². The van der Waals surface area contributed by atoms with Crippen LogP contribution in [0.15, 0.2) is 36.5 Å². The first-order valence-electron chi connectivity index (χ1n) is 11.8. The number of carbonyl (C=O) groups excluding carboxylic acids is 2. The molecule has 3 saturated carbocycles. The van der Waals surface area contributed by atoms with Crippen molar-refractivity contribution in [3.63, 3.8) is 0 Å². The minimum absolute atomic E-state index is 0.0410. The number of halogens is 3. The Morgan fingerprint density at radius 1 is 1.03 bits per heavy atom. The van der Waals surface area contributed by atoms with Crippen LogP contribution in [0.1, 0.15) is 32.1 Å². The first-order chi connectivity index (χ1) is 17.7. The van der Waals surface area contributed by atoms with Gasteiger partial charge in [-0.2, -0.15) is 5.10 Å². The zero-order chi connectivity index (χ0) is 26.2. The fraction of sp³-hybridized carbons (Fsp3) is 0.400. The molecule has 12 heteroatoms. The summed E-state index contributed by atoms with van der Waals surface area (Å²) in [5.41, 5.74) is -0.999. The van der Waals surface area contributed by atoms with Crippen molar-refractivity contribution in [2.75, 3.05) is 13.2 Å². The Balaban J connectivity index is 1.13. The average Bonchev–Trinajstić information content (AvgIpc) is 3.34. The van der Waals surface area contributed by atoms with Crippen LogP contribution in [0.4, 0.5) is 8.78 Å². The zero-order valence-corrected chi connectivity index (χ0v) is 20.4. The van der Waals surface area contributed by atoms with Gasteiger partial charge in [0.15, 0.2) is 13.2 Å². The normalized spacial score (nSPS) is 24.6. The average molecular weight is 535 g/mol. The third-order valence-corrected chi connectivity index (χ3v) is 7.53. The van der Waals surface area contributed by atoms with Gasteiger partial charge in [-0.1, -0.05) is 11.6 Å². The number of amides is 2. The van der Waals surface area contributed by atoms with Gasteiger partial charge >= 0.3 is 0 Å². The maximum absolute atomic E-state index is 14.1. The highest BCUT2D eigenvalue weighted by Crippen LogP contribution is 2.47. The molecule has 3 fully saturated rings. The summed E-state index contributed by atoms with van der Waals surface area (Å²) in [6.07, 6.45) is 2.75. The Morgan fingerprint density at radius 2 is 1.70 bits per heavy atom. The maximum atomic E-state index is 14.1. The van der Waals surface area contributed by atoms with E-state index in [1.165, 1.54) is 24.4 Å². The second-order valence-electron chi connectivity index (χ2n) is 9.64. The third kappa shape index (κ3) is 5.19. The molecule has 1 aromatic heterocycles. The highest BCUT2D eigenvalue weighted by molar-refractivity contribution is 6.30. The SMILES string of the molecule is O=C(COc1ccc(Cl)c(F)c1)NC12CCC(NC(=O)COc3cc(F)c4cn[nH]c4c3)(CC1)[C@H](O)C2. The van der Waals surface area contributed by atoms with E-state index in [9.17, 15) is 23.5 Å². The number of carbonyl (C=O) groups is 2. The van der Waals surface area contributed by atoms with Gasteiger partial charge in [0.2, 0.25) is 0 Å². The molecule has 6 rings (SSSR count). The van der Waals surface area contributed by atoms with Crippen LogP contribution in [0.2, 0.25) is 5.02 Å². The molecule has 4 N–H and O–H groups in total. The quantitative estimate of drug-likeness (QED) is 0.352. The summed E-state index contributed by atoms with van der Waals surface area (Å²) < 4.78 is 38.5. The van der Waals surface area contributed by atoms with E-state index in [2.05, 4.69) is 20.8 Å². The van der Waals surface area contributed by atoms with Crippen molar-refractivity contribution < 1.29 is 33.0 Å². The van der Waals surface area contributed by atoms with E-state index >= 15 is 0 Å². The molecule has 196 valence electrons. The molecule has 1 heterocycles. The molecule has 0 spiro atoms. The molecule has 0 aliphatic heterocycles. The summed E-state index contributed by atoms with van der Waals surface area (Å²) in [7, 11) is 0. The van der Waals surface area contributed by atoms with Crippen LogP contribution in [-0.4, -0.2) is 57.5 Å². The number of benzene rings is 2. The summed E-state index contributed by atoms with van der Waals surface area (Å²) in [4.78, 5) is 25.2. The van der Waals surface area contributed by atoms with E-state index in [1.807, 2.05) is 0 Å². The Bertz CT molecular complexity index is 1340. The number of hydrogen-bond acceptors (Lipinski definition) is 6. The molecular weight excluding hydrogens is 510 g/mol. The van der Waals surface area contributed by atoms with Crippen molar-refractivity contribution in [3.05, 3.63) is 53.2 Å². The van der Waals surface area contributed by atoms with E-state index in [0.29, 0.717) is 36.6 Å².